The van der Waals surface area contributed by atoms with Crippen molar-refractivity contribution in [2.75, 3.05) is 0 Å². The Hall–Kier alpha value is -0.970. The van der Waals surface area contributed by atoms with Crippen molar-refractivity contribution in [3.8, 4) is 5.75 Å². The van der Waals surface area contributed by atoms with E-state index in [1.807, 2.05) is 0 Å². The summed E-state index contributed by atoms with van der Waals surface area (Å²) in [6.07, 6.45) is 0.858. The van der Waals surface area contributed by atoms with Crippen LogP contribution in [0.25, 0.3) is 0 Å². The predicted molar refractivity (Wildman–Crippen MR) is 50.1 cm³/mol. The topological polar surface area (TPSA) is 37.3 Å². The summed E-state index contributed by atoms with van der Waals surface area (Å²) in [7, 11) is 0. The molecule has 0 spiro atoms. The highest BCUT2D eigenvalue weighted by Crippen LogP contribution is 2.31. The highest BCUT2D eigenvalue weighted by atomic mass is 79.9. The third kappa shape index (κ3) is 2.09. The molecule has 0 radical (unpaired) electrons. The molecule has 0 unspecified atom stereocenters. The number of aryl methyl sites for hydroxylation is 1. The minimum Gasteiger partial charge on any atom is -0.504 e. The largest absolute Gasteiger partial charge is 0.504 e. The number of rotatable bonds is 3. The van der Waals surface area contributed by atoms with Crippen LogP contribution in [0.3, 0.4) is 0 Å². The Morgan fingerprint density at radius 2 is 2.07 bits per heavy atom. The van der Waals surface area contributed by atoms with Crippen molar-refractivity contribution < 1.29 is 18.7 Å². The average Bonchev–Trinajstić information content (AvgIpc) is 2.18. The maximum absolute atomic E-state index is 13.1. The smallest absolute Gasteiger partial charge is 0.201 e. The molecule has 1 rings (SSSR count). The van der Waals surface area contributed by atoms with Crippen LogP contribution in [0.4, 0.5) is 8.78 Å². The molecule has 0 bridgehead atoms. The summed E-state index contributed by atoms with van der Waals surface area (Å²) in [5, 5.41) is 9.01. The fourth-order valence-corrected chi connectivity index (χ4v) is 1.48. The van der Waals surface area contributed by atoms with Crippen LogP contribution in [-0.4, -0.2) is 11.4 Å². The Bertz CT molecular complexity index is 366. The molecule has 0 aliphatic heterocycles. The second-order valence-electron chi connectivity index (χ2n) is 2.70. The summed E-state index contributed by atoms with van der Waals surface area (Å²) in [6.45, 7) is 0. The number of phenolic OH excluding ortho intramolecular Hbond substituents is 1. The molecule has 1 N–H and O–H groups in total. The van der Waals surface area contributed by atoms with Gasteiger partial charge in [-0.25, -0.2) is 4.39 Å². The molecule has 5 heteroatoms. The van der Waals surface area contributed by atoms with E-state index in [0.717, 1.165) is 0 Å². The standard InChI is InChI=1S/C9H7BrF2O2/c10-6-4-5(2-1-3-13)7(11)8(12)9(6)14/h3-4,14H,1-2H2. The van der Waals surface area contributed by atoms with E-state index in [2.05, 4.69) is 15.9 Å². The van der Waals surface area contributed by atoms with E-state index in [0.29, 0.717) is 6.29 Å². The summed E-state index contributed by atoms with van der Waals surface area (Å²) in [6, 6.07) is 1.26. The first-order chi connectivity index (χ1) is 6.57. The van der Waals surface area contributed by atoms with Crippen molar-refractivity contribution in [3.63, 3.8) is 0 Å². The summed E-state index contributed by atoms with van der Waals surface area (Å²) in [5.74, 6) is -3.15. The Kier molecular flexibility index (Phi) is 3.57. The molecule has 0 heterocycles. The van der Waals surface area contributed by atoms with Gasteiger partial charge in [-0.1, -0.05) is 0 Å². The number of carbonyl (C=O) groups excluding carboxylic acids is 1. The summed E-state index contributed by atoms with van der Waals surface area (Å²) < 4.78 is 26.1. The normalized spacial score (nSPS) is 10.2. The predicted octanol–water partition coefficient (Wildman–Crippen LogP) is 2.56. The quantitative estimate of drug-likeness (QED) is 0.673. The van der Waals surface area contributed by atoms with E-state index < -0.39 is 17.4 Å². The maximum Gasteiger partial charge on any atom is 0.201 e. The van der Waals surface area contributed by atoms with E-state index in [1.54, 1.807) is 0 Å². The Balaban J connectivity index is 3.12. The first-order valence-corrected chi connectivity index (χ1v) is 4.66. The third-order valence-electron chi connectivity index (χ3n) is 1.74. The van der Waals surface area contributed by atoms with Crippen molar-refractivity contribution in [2.24, 2.45) is 0 Å². The number of hydrogen-bond donors (Lipinski definition) is 1. The lowest BCUT2D eigenvalue weighted by Gasteiger charge is -2.05. The lowest BCUT2D eigenvalue weighted by molar-refractivity contribution is -0.107. The van der Waals surface area contributed by atoms with Crippen molar-refractivity contribution in [1.82, 2.24) is 0 Å². The number of carbonyl (C=O) groups is 1. The minimum absolute atomic E-state index is 0.0688. The van der Waals surface area contributed by atoms with Crippen molar-refractivity contribution in [2.45, 2.75) is 12.8 Å². The van der Waals surface area contributed by atoms with Crippen LogP contribution in [0.5, 0.6) is 5.75 Å². The zero-order valence-electron chi connectivity index (χ0n) is 7.06. The van der Waals surface area contributed by atoms with Gasteiger partial charge in [0.05, 0.1) is 4.47 Å². The molecular weight excluding hydrogens is 258 g/mol. The molecule has 0 fully saturated rings. The monoisotopic (exact) mass is 264 g/mol. The molecule has 0 atom stereocenters. The first-order valence-electron chi connectivity index (χ1n) is 3.87. The number of hydrogen-bond acceptors (Lipinski definition) is 2. The molecule has 1 aromatic carbocycles. The van der Waals surface area contributed by atoms with Crippen molar-refractivity contribution >= 4 is 22.2 Å². The number of phenols is 1. The van der Waals surface area contributed by atoms with Crippen LogP contribution in [-0.2, 0) is 11.2 Å². The van der Waals surface area contributed by atoms with Gasteiger partial charge in [0.2, 0.25) is 5.82 Å². The average molecular weight is 265 g/mol. The van der Waals surface area contributed by atoms with Gasteiger partial charge in [0.15, 0.2) is 11.6 Å². The molecule has 2 nitrogen and oxygen atoms in total. The summed E-state index contributed by atoms with van der Waals surface area (Å²) in [4.78, 5) is 10.0. The van der Waals surface area contributed by atoms with Crippen LogP contribution in [0.2, 0.25) is 0 Å². The molecule has 0 aliphatic carbocycles. The molecule has 14 heavy (non-hydrogen) atoms. The Morgan fingerprint density at radius 3 is 2.64 bits per heavy atom. The molecule has 0 aromatic heterocycles. The lowest BCUT2D eigenvalue weighted by Crippen LogP contribution is -1.96. The van der Waals surface area contributed by atoms with Gasteiger partial charge in [0.1, 0.15) is 6.29 Å². The second-order valence-corrected chi connectivity index (χ2v) is 3.55. The van der Waals surface area contributed by atoms with Crippen molar-refractivity contribution in [1.29, 1.82) is 0 Å². The van der Waals surface area contributed by atoms with E-state index in [9.17, 15) is 13.6 Å². The number of aldehydes is 1. The van der Waals surface area contributed by atoms with Gasteiger partial charge in [0, 0.05) is 6.42 Å². The van der Waals surface area contributed by atoms with Crippen LogP contribution in [0.15, 0.2) is 10.5 Å². The highest BCUT2D eigenvalue weighted by molar-refractivity contribution is 9.10. The molecule has 76 valence electrons. The Morgan fingerprint density at radius 1 is 1.43 bits per heavy atom. The number of aromatic hydroxyl groups is 1. The van der Waals surface area contributed by atoms with E-state index >= 15 is 0 Å². The lowest BCUT2D eigenvalue weighted by atomic mass is 10.1. The summed E-state index contributed by atoms with van der Waals surface area (Å²) in [5.41, 5.74) is 0.0688. The fourth-order valence-electron chi connectivity index (χ4n) is 1.03. The SMILES string of the molecule is O=CCCc1cc(Br)c(O)c(F)c1F. The second kappa shape index (κ2) is 4.50. The molecule has 0 aliphatic rings. The van der Waals surface area contributed by atoms with Crippen LogP contribution in [0.1, 0.15) is 12.0 Å². The van der Waals surface area contributed by atoms with Gasteiger partial charge in [-0.3, -0.25) is 0 Å². The minimum atomic E-state index is -1.29. The Labute approximate surface area is 87.7 Å². The first kappa shape index (κ1) is 11.1. The van der Waals surface area contributed by atoms with Crippen molar-refractivity contribution in [3.05, 3.63) is 27.7 Å². The van der Waals surface area contributed by atoms with Gasteiger partial charge >= 0.3 is 0 Å². The van der Waals surface area contributed by atoms with Crippen LogP contribution < -0.4 is 0 Å². The molecule has 0 saturated carbocycles. The number of benzene rings is 1. The number of halogens is 3. The van der Waals surface area contributed by atoms with Gasteiger partial charge in [-0.2, -0.15) is 4.39 Å². The van der Waals surface area contributed by atoms with Gasteiger partial charge in [0.25, 0.3) is 0 Å². The molecular formula is C9H7BrF2O2. The van der Waals surface area contributed by atoms with E-state index in [-0.39, 0.29) is 22.9 Å². The van der Waals surface area contributed by atoms with Crippen LogP contribution in [0, 0.1) is 11.6 Å². The van der Waals surface area contributed by atoms with Gasteiger partial charge in [-0.05, 0) is 34.0 Å². The highest BCUT2D eigenvalue weighted by Gasteiger charge is 2.15. The zero-order chi connectivity index (χ0) is 10.7. The zero-order valence-corrected chi connectivity index (χ0v) is 8.64. The van der Waals surface area contributed by atoms with Gasteiger partial charge in [-0.15, -0.1) is 0 Å². The molecule has 0 amide bonds. The maximum atomic E-state index is 13.1. The van der Waals surface area contributed by atoms with E-state index in [4.69, 9.17) is 5.11 Å². The third-order valence-corrected chi connectivity index (χ3v) is 2.35. The fraction of sp³-hybridized carbons (Fsp3) is 0.222. The molecule has 1 aromatic rings. The van der Waals surface area contributed by atoms with E-state index in [1.165, 1.54) is 6.07 Å². The van der Waals surface area contributed by atoms with Gasteiger partial charge < -0.3 is 9.90 Å². The summed E-state index contributed by atoms with van der Waals surface area (Å²) >= 11 is 2.88. The van der Waals surface area contributed by atoms with Crippen LogP contribution >= 0.6 is 15.9 Å². The molecule has 0 saturated heterocycles.